The maximum Gasteiger partial charge on any atom is 0.164 e. The van der Waals surface area contributed by atoms with Crippen molar-refractivity contribution in [2.75, 3.05) is 0 Å². The van der Waals surface area contributed by atoms with E-state index in [4.69, 9.17) is 0 Å². The minimum atomic E-state index is -0.539. The maximum absolute atomic E-state index is 13.4. The molecule has 0 amide bonds. The van der Waals surface area contributed by atoms with Crippen LogP contribution in [0.5, 0.6) is 0 Å². The molecule has 0 N–H and O–H groups in total. The lowest BCUT2D eigenvalue weighted by Gasteiger charge is -2.31. The Balaban J connectivity index is 2.04. The van der Waals surface area contributed by atoms with Crippen LogP contribution in [0.2, 0.25) is 0 Å². The monoisotopic (exact) mass is 302 g/mol. The number of benzene rings is 3. The number of carbonyl (C=O) groups excluding carboxylic acids is 1. The molecule has 0 fully saturated rings. The highest BCUT2D eigenvalue weighted by Crippen LogP contribution is 2.48. The van der Waals surface area contributed by atoms with Gasteiger partial charge in [-0.15, -0.1) is 0 Å². The molecule has 4 rings (SSSR count). The van der Waals surface area contributed by atoms with E-state index in [-0.39, 0.29) is 11.6 Å². The van der Waals surface area contributed by atoms with Crippen LogP contribution in [0.25, 0.3) is 0 Å². The standard InChI is InChI=1S/C21H15FO/c22-17-12-10-16(11-13-17)21(15-6-2-1-3-7-15)14-20(23)18-8-4-5-9-19(18)21/h1-13H,14H2. The van der Waals surface area contributed by atoms with Crippen LogP contribution in [0.1, 0.15) is 33.5 Å². The summed E-state index contributed by atoms with van der Waals surface area (Å²) in [7, 11) is 0. The Kier molecular flexibility index (Phi) is 3.12. The largest absolute Gasteiger partial charge is 0.294 e. The van der Waals surface area contributed by atoms with Crippen molar-refractivity contribution in [2.45, 2.75) is 11.8 Å². The van der Waals surface area contributed by atoms with Crippen LogP contribution in [-0.4, -0.2) is 5.78 Å². The van der Waals surface area contributed by atoms with Crippen LogP contribution in [0.4, 0.5) is 4.39 Å². The van der Waals surface area contributed by atoms with Crippen LogP contribution >= 0.6 is 0 Å². The van der Waals surface area contributed by atoms with E-state index in [1.165, 1.54) is 12.1 Å². The topological polar surface area (TPSA) is 17.1 Å². The summed E-state index contributed by atoms with van der Waals surface area (Å²) in [4.78, 5) is 12.6. The van der Waals surface area contributed by atoms with E-state index in [0.717, 1.165) is 22.3 Å². The van der Waals surface area contributed by atoms with Gasteiger partial charge in [-0.2, -0.15) is 0 Å². The molecule has 23 heavy (non-hydrogen) atoms. The van der Waals surface area contributed by atoms with E-state index in [2.05, 4.69) is 0 Å². The van der Waals surface area contributed by atoms with Crippen molar-refractivity contribution in [3.8, 4) is 0 Å². The molecule has 0 heterocycles. The van der Waals surface area contributed by atoms with Crippen molar-refractivity contribution in [1.29, 1.82) is 0 Å². The number of ketones is 1. The smallest absolute Gasteiger partial charge is 0.164 e. The van der Waals surface area contributed by atoms with Crippen LogP contribution in [0.3, 0.4) is 0 Å². The van der Waals surface area contributed by atoms with Crippen molar-refractivity contribution in [3.63, 3.8) is 0 Å². The summed E-state index contributed by atoms with van der Waals surface area (Å²) in [5, 5.41) is 0. The number of carbonyl (C=O) groups is 1. The second-order valence-electron chi connectivity index (χ2n) is 5.92. The molecule has 1 atom stereocenters. The normalized spacial score (nSPS) is 19.6. The van der Waals surface area contributed by atoms with Gasteiger partial charge in [-0.3, -0.25) is 4.79 Å². The highest BCUT2D eigenvalue weighted by molar-refractivity contribution is 6.03. The predicted octanol–water partition coefficient (Wildman–Crippen LogP) is 4.75. The Morgan fingerprint density at radius 3 is 2.09 bits per heavy atom. The molecule has 0 aliphatic heterocycles. The fourth-order valence-corrected chi connectivity index (χ4v) is 3.67. The number of Topliss-reactive ketones (excluding diaryl/α,β-unsaturated/α-hetero) is 1. The fourth-order valence-electron chi connectivity index (χ4n) is 3.67. The summed E-state index contributed by atoms with van der Waals surface area (Å²) in [5.41, 5.74) is 3.24. The number of hydrogen-bond donors (Lipinski definition) is 0. The minimum absolute atomic E-state index is 0.133. The summed E-state index contributed by atoms with van der Waals surface area (Å²) >= 11 is 0. The molecule has 1 aliphatic rings. The van der Waals surface area contributed by atoms with Gasteiger partial charge in [0.2, 0.25) is 0 Å². The van der Waals surface area contributed by atoms with Gasteiger partial charge in [0.05, 0.1) is 5.41 Å². The molecule has 0 radical (unpaired) electrons. The molecule has 1 aliphatic carbocycles. The molecule has 112 valence electrons. The van der Waals surface area contributed by atoms with E-state index >= 15 is 0 Å². The molecule has 3 aromatic carbocycles. The molecule has 0 saturated heterocycles. The molecular weight excluding hydrogens is 287 g/mol. The quantitative estimate of drug-likeness (QED) is 0.668. The summed E-state index contributed by atoms with van der Waals surface area (Å²) in [5.74, 6) is -0.136. The molecule has 3 aromatic rings. The molecule has 1 nitrogen and oxygen atoms in total. The van der Waals surface area contributed by atoms with Gasteiger partial charge in [0.25, 0.3) is 0 Å². The first-order valence-electron chi connectivity index (χ1n) is 7.66. The predicted molar refractivity (Wildman–Crippen MR) is 88.1 cm³/mol. The summed E-state index contributed by atoms with van der Waals surface area (Å²) < 4.78 is 13.4. The van der Waals surface area contributed by atoms with E-state index in [1.54, 1.807) is 12.1 Å². The lowest BCUT2D eigenvalue weighted by Crippen LogP contribution is -2.27. The van der Waals surface area contributed by atoms with Crippen molar-refractivity contribution in [1.82, 2.24) is 0 Å². The average Bonchev–Trinajstić information content (AvgIpc) is 2.91. The highest BCUT2D eigenvalue weighted by atomic mass is 19.1. The number of rotatable bonds is 2. The summed E-state index contributed by atoms with van der Waals surface area (Å²) in [6, 6.07) is 24.2. The van der Waals surface area contributed by atoms with Gasteiger partial charge in [0.15, 0.2) is 5.78 Å². The van der Waals surface area contributed by atoms with Crippen molar-refractivity contribution < 1.29 is 9.18 Å². The van der Waals surface area contributed by atoms with Gasteiger partial charge in [0, 0.05) is 12.0 Å². The van der Waals surface area contributed by atoms with Gasteiger partial charge in [0.1, 0.15) is 5.82 Å². The third-order valence-electron chi connectivity index (χ3n) is 4.72. The average molecular weight is 302 g/mol. The second kappa shape index (κ2) is 5.17. The Bertz CT molecular complexity index is 868. The van der Waals surface area contributed by atoms with E-state index in [0.29, 0.717) is 6.42 Å². The molecule has 0 spiro atoms. The van der Waals surface area contributed by atoms with E-state index < -0.39 is 5.41 Å². The third kappa shape index (κ3) is 2.02. The first-order valence-corrected chi connectivity index (χ1v) is 7.66. The Morgan fingerprint density at radius 2 is 1.35 bits per heavy atom. The Labute approximate surface area is 134 Å². The van der Waals surface area contributed by atoms with Crippen LogP contribution in [0, 0.1) is 5.82 Å². The third-order valence-corrected chi connectivity index (χ3v) is 4.72. The minimum Gasteiger partial charge on any atom is -0.294 e. The van der Waals surface area contributed by atoms with Gasteiger partial charge in [-0.25, -0.2) is 4.39 Å². The zero-order valence-electron chi connectivity index (χ0n) is 12.5. The van der Waals surface area contributed by atoms with Crippen molar-refractivity contribution >= 4 is 5.78 Å². The molecular formula is C21H15FO. The number of fused-ring (bicyclic) bond motifs is 1. The maximum atomic E-state index is 13.4. The van der Waals surface area contributed by atoms with Crippen LogP contribution < -0.4 is 0 Å². The van der Waals surface area contributed by atoms with E-state index in [9.17, 15) is 9.18 Å². The van der Waals surface area contributed by atoms with Crippen LogP contribution in [-0.2, 0) is 5.41 Å². The lowest BCUT2D eigenvalue weighted by molar-refractivity contribution is 0.0984. The summed E-state index contributed by atoms with van der Waals surface area (Å²) in [6.07, 6.45) is 0.377. The van der Waals surface area contributed by atoms with E-state index in [1.807, 2.05) is 54.6 Å². The molecule has 2 heteroatoms. The first kappa shape index (κ1) is 13.9. The van der Waals surface area contributed by atoms with Crippen molar-refractivity contribution in [2.24, 2.45) is 0 Å². The fraction of sp³-hybridized carbons (Fsp3) is 0.0952. The zero-order valence-corrected chi connectivity index (χ0v) is 12.5. The van der Waals surface area contributed by atoms with Crippen molar-refractivity contribution in [3.05, 3.63) is 107 Å². The van der Waals surface area contributed by atoms with Gasteiger partial charge in [-0.1, -0.05) is 66.7 Å². The number of hydrogen-bond acceptors (Lipinski definition) is 1. The zero-order chi connectivity index (χ0) is 15.9. The van der Waals surface area contributed by atoms with Gasteiger partial charge in [-0.05, 0) is 28.8 Å². The van der Waals surface area contributed by atoms with Gasteiger partial charge < -0.3 is 0 Å². The second-order valence-corrected chi connectivity index (χ2v) is 5.92. The van der Waals surface area contributed by atoms with Crippen LogP contribution in [0.15, 0.2) is 78.9 Å². The Morgan fingerprint density at radius 1 is 0.739 bits per heavy atom. The first-order chi connectivity index (χ1) is 11.2. The molecule has 0 aromatic heterocycles. The lowest BCUT2D eigenvalue weighted by atomic mass is 9.70. The van der Waals surface area contributed by atoms with Gasteiger partial charge >= 0.3 is 0 Å². The SMILES string of the molecule is O=C1CC(c2ccccc2)(c2ccc(F)cc2)c2ccccc21. The molecule has 0 bridgehead atoms. The molecule has 0 saturated carbocycles. The molecule has 1 unspecified atom stereocenters. The Hall–Kier alpha value is -2.74. The number of halogens is 1. The highest BCUT2D eigenvalue weighted by Gasteiger charge is 2.45. The summed E-state index contributed by atoms with van der Waals surface area (Å²) in [6.45, 7) is 0.